The van der Waals surface area contributed by atoms with E-state index in [2.05, 4.69) is 6.92 Å². The highest BCUT2D eigenvalue weighted by Gasteiger charge is 2.22. The fourth-order valence-electron chi connectivity index (χ4n) is 3.70. The monoisotopic (exact) mass is 522 g/mol. The summed E-state index contributed by atoms with van der Waals surface area (Å²) in [5.41, 5.74) is 1.04. The Bertz CT molecular complexity index is 1050. The first-order valence-electron chi connectivity index (χ1n) is 13.2. The molecular formula is C31H38O7. The van der Waals surface area contributed by atoms with Crippen LogP contribution in [0.4, 0.5) is 0 Å². The number of hydrogen-bond donors (Lipinski definition) is 0. The van der Waals surface area contributed by atoms with Crippen LogP contribution in [0, 0.1) is 0 Å². The smallest absolute Gasteiger partial charge is 0.343 e. The number of hydrogen-bond acceptors (Lipinski definition) is 7. The van der Waals surface area contributed by atoms with Gasteiger partial charge in [0.1, 0.15) is 11.5 Å². The van der Waals surface area contributed by atoms with E-state index in [-0.39, 0.29) is 0 Å². The van der Waals surface area contributed by atoms with Crippen LogP contribution in [-0.2, 0) is 19.1 Å². The van der Waals surface area contributed by atoms with Gasteiger partial charge in [0.15, 0.2) is 11.6 Å². The number of ether oxygens (including phenoxy) is 3. The Morgan fingerprint density at radius 2 is 1.29 bits per heavy atom. The standard InChI is InChI=1S/C31H38O7/c1-4-5-6-7-8-9-10-11-22-36-27-19-15-26(16-20-27)31(35)37-28-17-12-25(13-18-28)14-21-29(34)38-30(23(2)32)24(3)33/h12-21,30H,4-11,22H2,1-3H3/b21-14+. The number of ketones is 2. The van der Waals surface area contributed by atoms with Gasteiger partial charge in [0.25, 0.3) is 0 Å². The summed E-state index contributed by atoms with van der Waals surface area (Å²) in [4.78, 5) is 47.1. The molecule has 0 aliphatic heterocycles. The van der Waals surface area contributed by atoms with Crippen LogP contribution in [-0.4, -0.2) is 36.2 Å². The van der Waals surface area contributed by atoms with E-state index < -0.39 is 29.6 Å². The van der Waals surface area contributed by atoms with Crippen LogP contribution in [0.5, 0.6) is 11.5 Å². The summed E-state index contributed by atoms with van der Waals surface area (Å²) in [6.07, 6.45) is 11.1. The van der Waals surface area contributed by atoms with Gasteiger partial charge in [0, 0.05) is 6.08 Å². The second kappa shape index (κ2) is 16.9. The Morgan fingerprint density at radius 1 is 0.737 bits per heavy atom. The minimum absolute atomic E-state index is 0.345. The topological polar surface area (TPSA) is 96.0 Å². The third-order valence-corrected chi connectivity index (χ3v) is 5.83. The van der Waals surface area contributed by atoms with E-state index in [9.17, 15) is 19.2 Å². The van der Waals surface area contributed by atoms with Crippen LogP contribution in [0.15, 0.2) is 54.6 Å². The average Bonchev–Trinajstić information content (AvgIpc) is 2.90. The Hall–Kier alpha value is -3.74. The van der Waals surface area contributed by atoms with Gasteiger partial charge in [0.05, 0.1) is 12.2 Å². The third-order valence-electron chi connectivity index (χ3n) is 5.83. The van der Waals surface area contributed by atoms with E-state index in [0.717, 1.165) is 24.7 Å². The van der Waals surface area contributed by atoms with Crippen LogP contribution in [0.3, 0.4) is 0 Å². The maximum absolute atomic E-state index is 12.5. The molecule has 0 unspecified atom stereocenters. The van der Waals surface area contributed by atoms with E-state index in [0.29, 0.717) is 23.5 Å². The summed E-state index contributed by atoms with van der Waals surface area (Å²) in [6, 6.07) is 13.4. The molecule has 2 aromatic rings. The summed E-state index contributed by atoms with van der Waals surface area (Å²) >= 11 is 0. The summed E-state index contributed by atoms with van der Waals surface area (Å²) in [7, 11) is 0. The first-order chi connectivity index (χ1) is 18.3. The fourth-order valence-corrected chi connectivity index (χ4v) is 3.70. The van der Waals surface area contributed by atoms with Crippen LogP contribution in [0.1, 0.15) is 88.1 Å². The number of carbonyl (C=O) groups excluding carboxylic acids is 4. The number of benzene rings is 2. The van der Waals surface area contributed by atoms with Crippen molar-refractivity contribution in [3.63, 3.8) is 0 Å². The zero-order valence-corrected chi connectivity index (χ0v) is 22.6. The Labute approximate surface area is 225 Å². The minimum atomic E-state index is -1.40. The molecule has 2 rings (SSSR count). The molecule has 204 valence electrons. The zero-order valence-electron chi connectivity index (χ0n) is 22.6. The van der Waals surface area contributed by atoms with Crippen molar-refractivity contribution < 1.29 is 33.4 Å². The maximum atomic E-state index is 12.5. The average molecular weight is 523 g/mol. The molecule has 0 radical (unpaired) electrons. The molecule has 0 spiro atoms. The summed E-state index contributed by atoms with van der Waals surface area (Å²) < 4.78 is 16.1. The highest BCUT2D eigenvalue weighted by molar-refractivity contribution is 6.05. The molecule has 7 heteroatoms. The lowest BCUT2D eigenvalue weighted by molar-refractivity contribution is -0.155. The lowest BCUT2D eigenvalue weighted by Crippen LogP contribution is -2.31. The van der Waals surface area contributed by atoms with E-state index in [1.807, 2.05) is 0 Å². The number of esters is 2. The second-order valence-electron chi connectivity index (χ2n) is 9.18. The number of Topliss-reactive ketones (excluding diaryl/α,β-unsaturated/α-hetero) is 2. The number of rotatable bonds is 17. The quantitative estimate of drug-likeness (QED) is 0.0766. The Kier molecular flexibility index (Phi) is 13.6. The van der Waals surface area contributed by atoms with Gasteiger partial charge in [-0.3, -0.25) is 9.59 Å². The molecular weight excluding hydrogens is 484 g/mol. The van der Waals surface area contributed by atoms with Gasteiger partial charge in [0.2, 0.25) is 6.10 Å². The maximum Gasteiger partial charge on any atom is 0.343 e. The summed E-state index contributed by atoms with van der Waals surface area (Å²) in [5, 5.41) is 0. The van der Waals surface area contributed by atoms with Crippen molar-refractivity contribution in [3.8, 4) is 11.5 Å². The van der Waals surface area contributed by atoms with Gasteiger partial charge in [-0.15, -0.1) is 0 Å². The van der Waals surface area contributed by atoms with E-state index >= 15 is 0 Å². The van der Waals surface area contributed by atoms with Gasteiger partial charge < -0.3 is 14.2 Å². The Balaban J connectivity index is 1.75. The van der Waals surface area contributed by atoms with Gasteiger partial charge in [-0.25, -0.2) is 9.59 Å². The molecule has 0 aliphatic carbocycles. The molecule has 38 heavy (non-hydrogen) atoms. The molecule has 0 aliphatic rings. The molecule has 0 saturated heterocycles. The van der Waals surface area contributed by atoms with E-state index in [1.165, 1.54) is 58.4 Å². The minimum Gasteiger partial charge on any atom is -0.494 e. The molecule has 0 N–H and O–H groups in total. The van der Waals surface area contributed by atoms with Gasteiger partial charge in [-0.2, -0.15) is 0 Å². The van der Waals surface area contributed by atoms with Gasteiger partial charge in [-0.1, -0.05) is 64.0 Å². The summed E-state index contributed by atoms with van der Waals surface area (Å²) in [5.74, 6) is -1.31. The molecule has 2 aromatic carbocycles. The van der Waals surface area contributed by atoms with Crippen molar-refractivity contribution in [2.45, 2.75) is 78.2 Å². The van der Waals surface area contributed by atoms with Crippen molar-refractivity contribution in [3.05, 3.63) is 65.7 Å². The van der Waals surface area contributed by atoms with Crippen molar-refractivity contribution in [1.82, 2.24) is 0 Å². The zero-order chi connectivity index (χ0) is 27.8. The largest absolute Gasteiger partial charge is 0.494 e. The van der Waals surface area contributed by atoms with Crippen molar-refractivity contribution >= 4 is 29.6 Å². The molecule has 0 atom stereocenters. The molecule has 0 saturated carbocycles. The number of unbranched alkanes of at least 4 members (excludes halogenated alkanes) is 7. The van der Waals surface area contributed by atoms with Crippen molar-refractivity contribution in [1.29, 1.82) is 0 Å². The summed E-state index contributed by atoms with van der Waals surface area (Å²) in [6.45, 7) is 5.25. The molecule has 0 aromatic heterocycles. The first kappa shape index (κ1) is 30.5. The third kappa shape index (κ3) is 11.5. The van der Waals surface area contributed by atoms with Crippen molar-refractivity contribution in [2.75, 3.05) is 6.61 Å². The first-order valence-corrected chi connectivity index (χ1v) is 13.2. The van der Waals surface area contributed by atoms with E-state index in [1.54, 1.807) is 48.5 Å². The van der Waals surface area contributed by atoms with E-state index in [4.69, 9.17) is 14.2 Å². The van der Waals surface area contributed by atoms with Crippen LogP contribution < -0.4 is 9.47 Å². The van der Waals surface area contributed by atoms with Crippen molar-refractivity contribution in [2.24, 2.45) is 0 Å². The second-order valence-corrected chi connectivity index (χ2v) is 9.18. The molecule has 0 heterocycles. The molecule has 7 nitrogen and oxygen atoms in total. The lowest BCUT2D eigenvalue weighted by atomic mass is 10.1. The van der Waals surface area contributed by atoms with Crippen LogP contribution >= 0.6 is 0 Å². The fraction of sp³-hybridized carbons (Fsp3) is 0.419. The SMILES string of the molecule is CCCCCCCCCCOc1ccc(C(=O)Oc2ccc(/C=C/C(=O)OC(C(C)=O)C(C)=O)cc2)cc1. The lowest BCUT2D eigenvalue weighted by Gasteiger charge is -2.09. The van der Waals surface area contributed by atoms with Crippen LogP contribution in [0.2, 0.25) is 0 Å². The predicted octanol–water partition coefficient (Wildman–Crippen LogP) is 6.53. The normalized spacial score (nSPS) is 10.9. The highest BCUT2D eigenvalue weighted by atomic mass is 16.6. The molecule has 0 bridgehead atoms. The number of carbonyl (C=O) groups is 4. The van der Waals surface area contributed by atoms with Gasteiger partial charge >= 0.3 is 11.9 Å². The molecule has 0 fully saturated rings. The Morgan fingerprint density at radius 3 is 1.87 bits per heavy atom. The van der Waals surface area contributed by atoms with Gasteiger partial charge in [-0.05, 0) is 68.3 Å². The molecule has 0 amide bonds. The highest BCUT2D eigenvalue weighted by Crippen LogP contribution is 2.18. The predicted molar refractivity (Wildman–Crippen MR) is 146 cm³/mol. The van der Waals surface area contributed by atoms with Crippen LogP contribution in [0.25, 0.3) is 6.08 Å².